The number of thioether (sulfide) groups is 1. The van der Waals surface area contributed by atoms with Gasteiger partial charge in [0.2, 0.25) is 10.0 Å². The summed E-state index contributed by atoms with van der Waals surface area (Å²) in [5.41, 5.74) is 0.612. The van der Waals surface area contributed by atoms with E-state index in [2.05, 4.69) is 0 Å². The fourth-order valence-electron chi connectivity index (χ4n) is 1.73. The Hall–Kier alpha value is -1.61. The highest BCUT2D eigenvalue weighted by molar-refractivity contribution is 7.98. The Morgan fingerprint density at radius 3 is 2.55 bits per heavy atom. The van der Waals surface area contributed by atoms with Crippen LogP contribution in [0, 0.1) is 10.1 Å². The molecule has 2 N–H and O–H groups in total. The van der Waals surface area contributed by atoms with Gasteiger partial charge in [0.15, 0.2) is 0 Å². The molecule has 0 fully saturated rings. The molecule has 0 saturated heterocycles. The second-order valence-electron chi connectivity index (χ2n) is 4.35. The highest BCUT2D eigenvalue weighted by atomic mass is 35.5. The number of hydrogen-bond donors (Lipinski definition) is 1. The number of nitrogens with zero attached hydrogens (tertiary/aromatic N) is 1. The molecule has 0 aromatic heterocycles. The first-order valence-corrected chi connectivity index (χ1v) is 8.87. The van der Waals surface area contributed by atoms with E-state index >= 15 is 0 Å². The highest BCUT2D eigenvalue weighted by Crippen LogP contribution is 2.33. The van der Waals surface area contributed by atoms with E-state index in [1.165, 1.54) is 23.9 Å². The topological polar surface area (TPSA) is 103 Å². The zero-order valence-electron chi connectivity index (χ0n) is 11.1. The van der Waals surface area contributed by atoms with E-state index in [9.17, 15) is 18.5 Å². The van der Waals surface area contributed by atoms with Crippen LogP contribution in [-0.2, 0) is 15.8 Å². The number of nitro groups is 1. The molecule has 6 nitrogen and oxygen atoms in total. The molecule has 0 saturated carbocycles. The molecule has 0 aliphatic carbocycles. The minimum atomic E-state index is -3.98. The molecule has 2 rings (SSSR count). The van der Waals surface area contributed by atoms with Gasteiger partial charge < -0.3 is 0 Å². The van der Waals surface area contributed by atoms with Crippen LogP contribution in [0.15, 0.2) is 52.3 Å². The van der Waals surface area contributed by atoms with Gasteiger partial charge in [-0.15, -0.1) is 11.8 Å². The number of hydrogen-bond acceptors (Lipinski definition) is 5. The minimum absolute atomic E-state index is 0.286. The third kappa shape index (κ3) is 4.20. The van der Waals surface area contributed by atoms with Crippen molar-refractivity contribution in [3.63, 3.8) is 0 Å². The smallest absolute Gasteiger partial charge is 0.258 e. The molecule has 2 aromatic carbocycles. The van der Waals surface area contributed by atoms with Crippen LogP contribution in [0.25, 0.3) is 0 Å². The maximum Gasteiger partial charge on any atom is 0.284 e. The van der Waals surface area contributed by atoms with Crippen LogP contribution < -0.4 is 5.14 Å². The fraction of sp³-hybridized carbons (Fsp3) is 0.0769. The van der Waals surface area contributed by atoms with Gasteiger partial charge in [-0.25, -0.2) is 13.6 Å². The van der Waals surface area contributed by atoms with Crippen LogP contribution >= 0.6 is 23.4 Å². The van der Waals surface area contributed by atoms with E-state index in [1.807, 2.05) is 6.07 Å². The molecule has 116 valence electrons. The summed E-state index contributed by atoms with van der Waals surface area (Å²) in [5, 5.41) is 16.7. The van der Waals surface area contributed by atoms with Crippen molar-refractivity contribution in [1.29, 1.82) is 0 Å². The number of sulfonamides is 1. The van der Waals surface area contributed by atoms with Crippen molar-refractivity contribution in [3.8, 4) is 0 Å². The van der Waals surface area contributed by atoms with E-state index in [4.69, 9.17) is 16.7 Å². The first-order chi connectivity index (χ1) is 10.3. The molecule has 22 heavy (non-hydrogen) atoms. The van der Waals surface area contributed by atoms with Crippen molar-refractivity contribution in [3.05, 3.63) is 63.2 Å². The summed E-state index contributed by atoms with van der Waals surface area (Å²) in [7, 11) is -3.98. The normalized spacial score (nSPS) is 11.4. The van der Waals surface area contributed by atoms with E-state index in [-0.39, 0.29) is 10.6 Å². The van der Waals surface area contributed by atoms with Gasteiger partial charge in [-0.2, -0.15) is 0 Å². The van der Waals surface area contributed by atoms with E-state index in [0.29, 0.717) is 15.7 Å². The number of benzene rings is 2. The molecule has 0 bridgehead atoms. The maximum atomic E-state index is 11.3. The summed E-state index contributed by atoms with van der Waals surface area (Å²) < 4.78 is 22.5. The Bertz CT molecular complexity index is 825. The van der Waals surface area contributed by atoms with Crippen LogP contribution in [0.5, 0.6) is 0 Å². The lowest BCUT2D eigenvalue weighted by Gasteiger charge is -2.05. The first-order valence-electron chi connectivity index (χ1n) is 5.96. The van der Waals surface area contributed by atoms with Gasteiger partial charge in [-0.3, -0.25) is 10.1 Å². The van der Waals surface area contributed by atoms with Gasteiger partial charge >= 0.3 is 0 Å². The van der Waals surface area contributed by atoms with Crippen molar-refractivity contribution in [2.24, 2.45) is 5.14 Å². The average Bonchev–Trinajstić information content (AvgIpc) is 2.44. The summed E-state index contributed by atoms with van der Waals surface area (Å²) in [5.74, 6) is 0.468. The van der Waals surface area contributed by atoms with Crippen molar-refractivity contribution in [2.75, 3.05) is 0 Å². The van der Waals surface area contributed by atoms with Crippen molar-refractivity contribution < 1.29 is 13.3 Å². The monoisotopic (exact) mass is 358 g/mol. The fourth-order valence-corrected chi connectivity index (χ4v) is 3.42. The maximum absolute atomic E-state index is 11.3. The predicted octanol–water partition coefficient (Wildman–Crippen LogP) is 3.19. The van der Waals surface area contributed by atoms with Gasteiger partial charge in [0, 0.05) is 16.8 Å². The van der Waals surface area contributed by atoms with E-state index in [1.54, 1.807) is 18.2 Å². The number of nitrogens with two attached hydrogens (primary N) is 1. The highest BCUT2D eigenvalue weighted by Gasteiger charge is 2.19. The molecule has 2 aromatic rings. The number of primary sulfonamides is 1. The third-order valence-electron chi connectivity index (χ3n) is 2.74. The van der Waals surface area contributed by atoms with Gasteiger partial charge in [-0.05, 0) is 29.8 Å². The average molecular weight is 359 g/mol. The zero-order valence-corrected chi connectivity index (χ0v) is 13.5. The number of nitro benzene ring substituents is 1. The Balaban J connectivity index is 2.29. The largest absolute Gasteiger partial charge is 0.284 e. The zero-order chi connectivity index (χ0) is 16.3. The molecule has 0 unspecified atom stereocenters. The molecular weight excluding hydrogens is 348 g/mol. The summed E-state index contributed by atoms with van der Waals surface area (Å²) in [6.07, 6.45) is 0. The van der Waals surface area contributed by atoms with E-state index in [0.717, 1.165) is 11.6 Å². The molecule has 0 spiro atoms. The molecule has 0 atom stereocenters. The van der Waals surface area contributed by atoms with Gasteiger partial charge in [0.25, 0.3) is 5.69 Å². The van der Waals surface area contributed by atoms with E-state index < -0.39 is 14.9 Å². The predicted molar refractivity (Wildman–Crippen MR) is 85.5 cm³/mol. The summed E-state index contributed by atoms with van der Waals surface area (Å²) in [6, 6.07) is 10.7. The van der Waals surface area contributed by atoms with Crippen LogP contribution in [0.4, 0.5) is 5.69 Å². The molecule has 0 heterocycles. The van der Waals surface area contributed by atoms with Crippen LogP contribution in [0.1, 0.15) is 5.56 Å². The quantitative estimate of drug-likeness (QED) is 0.502. The van der Waals surface area contributed by atoms with Crippen LogP contribution in [0.2, 0.25) is 5.02 Å². The lowest BCUT2D eigenvalue weighted by atomic mass is 10.2. The molecule has 0 aliphatic rings. The summed E-state index contributed by atoms with van der Waals surface area (Å²) in [4.78, 5) is 10.5. The molecule has 9 heteroatoms. The lowest BCUT2D eigenvalue weighted by molar-refractivity contribution is -0.388. The Morgan fingerprint density at radius 1 is 1.23 bits per heavy atom. The SMILES string of the molecule is NS(=O)(=O)c1ccc(SCc2cccc(Cl)c2)c([N+](=O)[O-])c1. The molecule has 0 radical (unpaired) electrons. The molecular formula is C13H11ClN2O4S2. The Kier molecular flexibility index (Phi) is 5.07. The second-order valence-corrected chi connectivity index (χ2v) is 7.37. The van der Waals surface area contributed by atoms with Crippen molar-refractivity contribution in [1.82, 2.24) is 0 Å². The molecule has 0 amide bonds. The number of halogens is 1. The first kappa shape index (κ1) is 16.8. The third-order valence-corrected chi connectivity index (χ3v) is 5.02. The van der Waals surface area contributed by atoms with Gasteiger partial charge in [-0.1, -0.05) is 23.7 Å². The lowest BCUT2D eigenvalue weighted by Crippen LogP contribution is -2.12. The van der Waals surface area contributed by atoms with Crippen molar-refractivity contribution in [2.45, 2.75) is 15.5 Å². The minimum Gasteiger partial charge on any atom is -0.258 e. The standard InChI is InChI=1S/C13H11ClN2O4S2/c14-10-3-1-2-9(6-10)8-21-13-5-4-11(22(15,19)20)7-12(13)16(17)18/h1-7H,8H2,(H2,15,19,20). The second kappa shape index (κ2) is 6.66. The number of rotatable bonds is 5. The summed E-state index contributed by atoms with van der Waals surface area (Å²) in [6.45, 7) is 0. The molecule has 0 aliphatic heterocycles. The Morgan fingerprint density at radius 2 is 1.95 bits per heavy atom. The summed E-state index contributed by atoms with van der Waals surface area (Å²) >= 11 is 7.10. The van der Waals surface area contributed by atoms with Gasteiger partial charge in [0.05, 0.1) is 14.7 Å². The Labute approximate surface area is 136 Å². The van der Waals surface area contributed by atoms with Crippen molar-refractivity contribution >= 4 is 39.1 Å². The van der Waals surface area contributed by atoms with Crippen LogP contribution in [-0.4, -0.2) is 13.3 Å². The van der Waals surface area contributed by atoms with Gasteiger partial charge in [0.1, 0.15) is 0 Å². The van der Waals surface area contributed by atoms with Crippen LogP contribution in [0.3, 0.4) is 0 Å².